The van der Waals surface area contributed by atoms with Crippen LogP contribution >= 0.6 is 0 Å². The summed E-state index contributed by atoms with van der Waals surface area (Å²) in [5.41, 5.74) is -0.237. The van der Waals surface area contributed by atoms with E-state index in [1.807, 2.05) is 0 Å². The van der Waals surface area contributed by atoms with E-state index in [9.17, 15) is 40.3 Å². The second kappa shape index (κ2) is 8.64. The fourth-order valence-electron chi connectivity index (χ4n) is 3.91. The van der Waals surface area contributed by atoms with Crippen LogP contribution < -0.4 is 10.2 Å². The molecule has 1 heterocycles. The highest BCUT2D eigenvalue weighted by atomic mass is 32.2. The van der Waals surface area contributed by atoms with E-state index in [1.165, 1.54) is 43.4 Å². The van der Waals surface area contributed by atoms with Gasteiger partial charge in [0.05, 0.1) is 16.8 Å². The highest BCUT2D eigenvalue weighted by molar-refractivity contribution is 7.86. The average molecular weight is 531 g/mol. The normalized spacial score (nSPS) is 13.6. The number of nitrogens with zero attached hydrogens (tertiary/aromatic N) is 1. The summed E-state index contributed by atoms with van der Waals surface area (Å²) in [5.74, 6) is -2.10. The van der Waals surface area contributed by atoms with Crippen LogP contribution in [-0.2, 0) is 20.2 Å². The van der Waals surface area contributed by atoms with Crippen molar-refractivity contribution in [2.24, 2.45) is 0 Å². The molecule has 0 bridgehead atoms. The number of benzene rings is 3. The molecule has 0 spiro atoms. The average Bonchev–Trinajstić information content (AvgIpc) is 3.06. The van der Waals surface area contributed by atoms with Crippen molar-refractivity contribution in [3.05, 3.63) is 76.9 Å². The largest absolute Gasteiger partial charge is 0.355 e. The van der Waals surface area contributed by atoms with E-state index in [1.54, 1.807) is 6.92 Å². The summed E-state index contributed by atoms with van der Waals surface area (Å²) in [6, 6.07) is 10.9. The van der Waals surface area contributed by atoms with Crippen LogP contribution in [0.15, 0.2) is 64.4 Å². The van der Waals surface area contributed by atoms with Crippen molar-refractivity contribution in [3.63, 3.8) is 0 Å². The summed E-state index contributed by atoms with van der Waals surface area (Å²) in [6.45, 7) is 1.56. The Kier molecular flexibility index (Phi) is 6.04. The van der Waals surface area contributed by atoms with Gasteiger partial charge >= 0.3 is 0 Å². The number of hydrogen-bond donors (Lipinski definition) is 3. The Morgan fingerprint density at radius 2 is 1.28 bits per heavy atom. The van der Waals surface area contributed by atoms with Gasteiger partial charge in [-0.3, -0.25) is 23.5 Å². The number of carbonyl (C=O) groups is 3. The predicted molar refractivity (Wildman–Crippen MR) is 127 cm³/mol. The molecule has 0 saturated carbocycles. The molecule has 3 aromatic carbocycles. The molecule has 4 rings (SSSR count). The lowest BCUT2D eigenvalue weighted by atomic mass is 10.0. The van der Waals surface area contributed by atoms with Crippen LogP contribution in [0.2, 0.25) is 0 Å². The number of aryl methyl sites for hydroxylation is 1. The molecule has 3 N–H and O–H groups in total. The fourth-order valence-corrected chi connectivity index (χ4v) is 5.43. The molecule has 186 valence electrons. The van der Waals surface area contributed by atoms with Crippen molar-refractivity contribution < 1.29 is 40.3 Å². The van der Waals surface area contributed by atoms with Gasteiger partial charge in [-0.25, -0.2) is 4.90 Å². The predicted octanol–water partition coefficient (Wildman–Crippen LogP) is 2.32. The Bertz CT molecular complexity index is 1690. The molecule has 0 saturated heterocycles. The Hall–Kier alpha value is -3.91. The van der Waals surface area contributed by atoms with Crippen molar-refractivity contribution in [1.29, 1.82) is 0 Å². The summed E-state index contributed by atoms with van der Waals surface area (Å²) in [6.07, 6.45) is 0. The molecule has 0 unspecified atom stereocenters. The molecule has 13 heteroatoms. The van der Waals surface area contributed by atoms with E-state index in [2.05, 4.69) is 5.32 Å². The number of fused-ring (bicyclic) bond motifs is 1. The van der Waals surface area contributed by atoms with Gasteiger partial charge in [0.25, 0.3) is 38.0 Å². The number of rotatable bonds is 5. The highest BCUT2D eigenvalue weighted by Gasteiger charge is 2.38. The van der Waals surface area contributed by atoms with Crippen LogP contribution in [0.5, 0.6) is 0 Å². The number of anilines is 1. The van der Waals surface area contributed by atoms with Gasteiger partial charge in [0.2, 0.25) is 0 Å². The van der Waals surface area contributed by atoms with Crippen LogP contribution in [0, 0.1) is 6.92 Å². The number of carbonyl (C=O) groups excluding carboxylic acids is 3. The van der Waals surface area contributed by atoms with Crippen LogP contribution in [0.4, 0.5) is 5.69 Å². The third kappa shape index (κ3) is 4.28. The topological polar surface area (TPSA) is 175 Å². The van der Waals surface area contributed by atoms with Crippen LogP contribution in [-0.4, -0.2) is 50.7 Å². The standard InChI is InChI=1S/C23H18N2O9S2/c1-12-3-6-15(19(9-12)35(29,30)31)16-8-5-14(11-20(16)36(32,33)34)25-22(27)17-7-4-13(21(26)24-2)10-18(17)23(25)28/h3-11H,1-2H3,(H,24,26)(H,29,30,31)(H,32,33,34). The fraction of sp³-hybridized carbons (Fsp3) is 0.0870. The molecular weight excluding hydrogens is 512 g/mol. The van der Waals surface area contributed by atoms with E-state index < -0.39 is 47.7 Å². The summed E-state index contributed by atoms with van der Waals surface area (Å²) >= 11 is 0. The molecule has 3 amide bonds. The van der Waals surface area contributed by atoms with Crippen molar-refractivity contribution in [3.8, 4) is 11.1 Å². The number of imide groups is 1. The van der Waals surface area contributed by atoms with Gasteiger partial charge in [0.15, 0.2) is 0 Å². The Morgan fingerprint density at radius 1 is 0.750 bits per heavy atom. The first-order valence-electron chi connectivity index (χ1n) is 10.2. The first-order chi connectivity index (χ1) is 16.7. The number of nitrogens with one attached hydrogen (secondary N) is 1. The van der Waals surface area contributed by atoms with Gasteiger partial charge in [-0.2, -0.15) is 16.8 Å². The van der Waals surface area contributed by atoms with Crippen molar-refractivity contribution in [1.82, 2.24) is 5.32 Å². The molecule has 36 heavy (non-hydrogen) atoms. The molecule has 1 aliphatic rings. The van der Waals surface area contributed by atoms with Gasteiger partial charge in [-0.15, -0.1) is 0 Å². The minimum absolute atomic E-state index is 0.0164. The lowest BCUT2D eigenvalue weighted by Crippen LogP contribution is -2.29. The quantitative estimate of drug-likeness (QED) is 0.330. The minimum atomic E-state index is -5.01. The third-order valence-corrected chi connectivity index (χ3v) is 7.37. The molecule has 0 radical (unpaired) electrons. The van der Waals surface area contributed by atoms with Crippen LogP contribution in [0.1, 0.15) is 36.6 Å². The summed E-state index contributed by atoms with van der Waals surface area (Å²) in [7, 11) is -8.40. The van der Waals surface area contributed by atoms with Crippen LogP contribution in [0.25, 0.3) is 11.1 Å². The van der Waals surface area contributed by atoms with Crippen molar-refractivity contribution >= 4 is 43.6 Å². The first kappa shape index (κ1) is 25.2. The second-order valence-corrected chi connectivity index (χ2v) is 10.7. The number of amides is 3. The van der Waals surface area contributed by atoms with Crippen molar-refractivity contribution in [2.75, 3.05) is 11.9 Å². The van der Waals surface area contributed by atoms with Gasteiger partial charge in [-0.05, 0) is 48.9 Å². The summed E-state index contributed by atoms with van der Waals surface area (Å²) in [5, 5.41) is 2.40. The third-order valence-electron chi connectivity index (χ3n) is 5.58. The molecule has 0 aliphatic carbocycles. The molecular formula is C23H18N2O9S2. The van der Waals surface area contributed by atoms with Crippen molar-refractivity contribution in [2.45, 2.75) is 16.7 Å². The Balaban J connectivity index is 1.89. The van der Waals surface area contributed by atoms with Crippen LogP contribution in [0.3, 0.4) is 0 Å². The maximum absolute atomic E-state index is 13.1. The summed E-state index contributed by atoms with van der Waals surface area (Å²) < 4.78 is 68.0. The zero-order valence-electron chi connectivity index (χ0n) is 18.7. The van der Waals surface area contributed by atoms with Gasteiger partial charge in [0.1, 0.15) is 9.79 Å². The monoisotopic (exact) mass is 530 g/mol. The van der Waals surface area contributed by atoms with E-state index in [4.69, 9.17) is 0 Å². The minimum Gasteiger partial charge on any atom is -0.355 e. The van der Waals surface area contributed by atoms with E-state index in [-0.39, 0.29) is 33.5 Å². The Labute approximate surface area is 205 Å². The molecule has 1 aliphatic heterocycles. The molecule has 0 aromatic heterocycles. The zero-order valence-corrected chi connectivity index (χ0v) is 20.3. The van der Waals surface area contributed by atoms with E-state index in [0.717, 1.165) is 18.2 Å². The zero-order chi connectivity index (χ0) is 26.6. The molecule has 3 aromatic rings. The van der Waals surface area contributed by atoms with E-state index in [0.29, 0.717) is 10.5 Å². The maximum atomic E-state index is 13.1. The maximum Gasteiger partial charge on any atom is 0.295 e. The Morgan fingerprint density at radius 3 is 1.86 bits per heavy atom. The summed E-state index contributed by atoms with van der Waals surface area (Å²) in [4.78, 5) is 37.2. The van der Waals surface area contributed by atoms with Gasteiger partial charge < -0.3 is 5.32 Å². The molecule has 0 fully saturated rings. The lowest BCUT2D eigenvalue weighted by Gasteiger charge is -2.17. The first-order valence-corrected chi connectivity index (χ1v) is 13.1. The second-order valence-electron chi connectivity index (χ2n) is 7.92. The van der Waals surface area contributed by atoms with E-state index >= 15 is 0 Å². The lowest BCUT2D eigenvalue weighted by molar-refractivity contribution is 0.0924. The van der Waals surface area contributed by atoms with Gasteiger partial charge in [-0.1, -0.05) is 18.2 Å². The molecule has 0 atom stereocenters. The SMILES string of the molecule is CNC(=O)c1ccc2c(c1)C(=O)N(c1ccc(-c3ccc(C)cc3S(=O)(=O)O)c(S(=O)(=O)O)c1)C2=O. The smallest absolute Gasteiger partial charge is 0.295 e. The number of hydrogen-bond acceptors (Lipinski definition) is 7. The highest BCUT2D eigenvalue weighted by Crippen LogP contribution is 2.37. The molecule has 11 nitrogen and oxygen atoms in total. The van der Waals surface area contributed by atoms with Gasteiger partial charge in [0, 0.05) is 23.7 Å².